The topological polar surface area (TPSA) is 51.5 Å². The number of nitrogens with two attached hydrogens (primary N) is 1. The van der Waals surface area contributed by atoms with Gasteiger partial charge >= 0.3 is 0 Å². The molecule has 8 rings (SSSR count). The van der Waals surface area contributed by atoms with Crippen LogP contribution in [-0.2, 0) is 6.42 Å². The van der Waals surface area contributed by atoms with Crippen LogP contribution in [0.25, 0.3) is 54.3 Å². The van der Waals surface area contributed by atoms with Crippen LogP contribution in [0.5, 0.6) is 0 Å². The average Bonchev–Trinajstić information content (AvgIpc) is 3.17. The third-order valence-electron chi connectivity index (χ3n) is 8.15. The summed E-state index contributed by atoms with van der Waals surface area (Å²) in [6.45, 7) is 0. The molecule has 0 aliphatic heterocycles. The Hall–Kier alpha value is -5.15. The first-order valence-corrected chi connectivity index (χ1v) is 13.7. The van der Waals surface area contributed by atoms with Gasteiger partial charge in [0.2, 0.25) is 0 Å². The summed E-state index contributed by atoms with van der Waals surface area (Å²) >= 11 is 0. The number of nitrogens with zero attached hydrogens (tertiary/aromatic N) is 1. The van der Waals surface area contributed by atoms with Crippen LogP contribution < -0.4 is 5.73 Å². The lowest BCUT2D eigenvalue weighted by molar-refractivity contribution is 0.666. The Bertz CT molecular complexity index is 2220. The Labute approximate surface area is 231 Å². The third kappa shape index (κ3) is 3.41. The summed E-state index contributed by atoms with van der Waals surface area (Å²) in [6.07, 6.45) is 12.0. The minimum Gasteiger partial charge on any atom is -0.456 e. The minimum absolute atomic E-state index is 0.621. The molecular weight excluding hydrogens is 488 g/mol. The lowest BCUT2D eigenvalue weighted by atomic mass is 9.87. The van der Waals surface area contributed by atoms with Gasteiger partial charge in [-0.25, -0.2) is 0 Å². The monoisotopic (exact) mass is 514 g/mol. The van der Waals surface area contributed by atoms with Crippen molar-refractivity contribution in [3.05, 3.63) is 133 Å². The van der Waals surface area contributed by atoms with Crippen molar-refractivity contribution in [2.24, 2.45) is 4.99 Å². The Morgan fingerprint density at radius 2 is 1.38 bits per heavy atom. The zero-order valence-electron chi connectivity index (χ0n) is 21.9. The predicted octanol–water partition coefficient (Wildman–Crippen LogP) is 9.82. The van der Waals surface area contributed by atoms with Crippen LogP contribution in [0.1, 0.15) is 12.0 Å². The van der Waals surface area contributed by atoms with Gasteiger partial charge in [-0.15, -0.1) is 0 Å². The minimum atomic E-state index is 0.621. The number of nitrogen functional groups attached to an aromatic ring is 1. The fourth-order valence-electron chi connectivity index (χ4n) is 6.36. The highest BCUT2D eigenvalue weighted by Crippen LogP contribution is 2.47. The maximum Gasteiger partial charge on any atom is 0.140 e. The Morgan fingerprint density at radius 1 is 0.675 bits per heavy atom. The van der Waals surface area contributed by atoms with Crippen LogP contribution in [-0.4, -0.2) is 5.71 Å². The van der Waals surface area contributed by atoms with E-state index in [1.54, 1.807) is 0 Å². The second-order valence-electron chi connectivity index (χ2n) is 10.4. The van der Waals surface area contributed by atoms with Crippen molar-refractivity contribution in [3.63, 3.8) is 0 Å². The first kappa shape index (κ1) is 22.8. The number of fused-ring (bicyclic) bond motifs is 5. The summed E-state index contributed by atoms with van der Waals surface area (Å²) in [5.41, 5.74) is 13.0. The quantitative estimate of drug-likeness (QED) is 0.144. The van der Waals surface area contributed by atoms with Gasteiger partial charge in [0.1, 0.15) is 11.2 Å². The molecule has 2 N–H and O–H groups in total. The van der Waals surface area contributed by atoms with Crippen LogP contribution >= 0.6 is 0 Å². The van der Waals surface area contributed by atoms with E-state index in [0.29, 0.717) is 12.1 Å². The van der Waals surface area contributed by atoms with Gasteiger partial charge in [-0.2, -0.15) is 0 Å². The van der Waals surface area contributed by atoms with Gasteiger partial charge in [-0.05, 0) is 57.1 Å². The number of benzene rings is 6. The molecule has 0 saturated carbocycles. The number of aliphatic imine (C=N–C) groups is 1. The molecule has 0 fully saturated rings. The van der Waals surface area contributed by atoms with Gasteiger partial charge in [0.25, 0.3) is 0 Å². The van der Waals surface area contributed by atoms with Crippen LogP contribution in [0.4, 0.5) is 11.4 Å². The van der Waals surface area contributed by atoms with Crippen molar-refractivity contribution in [1.29, 1.82) is 0 Å². The number of rotatable bonds is 4. The number of hydrogen-bond donors (Lipinski definition) is 1. The molecule has 1 aliphatic carbocycles. The van der Waals surface area contributed by atoms with Crippen molar-refractivity contribution < 1.29 is 4.42 Å². The lowest BCUT2D eigenvalue weighted by Gasteiger charge is -2.16. The first-order chi connectivity index (χ1) is 19.8. The van der Waals surface area contributed by atoms with Gasteiger partial charge in [0.15, 0.2) is 0 Å². The summed E-state index contributed by atoms with van der Waals surface area (Å²) in [7, 11) is 0. The zero-order valence-corrected chi connectivity index (χ0v) is 21.9. The van der Waals surface area contributed by atoms with E-state index in [2.05, 4.69) is 97.1 Å². The van der Waals surface area contributed by atoms with E-state index in [4.69, 9.17) is 15.1 Å². The standard InChI is InChI=1S/C37H26N2O/c38-30-19-9-10-20-31(30)39-32(23-12-3-1-2-4-13-23)22-29-25-15-6-8-17-27(25)34-26-16-7-5-14-24(26)28-18-11-21-33-35(28)36(34)37(29)40-33/h1-12,14-21H,13,22,38H2. The number of allylic oxidation sites excluding steroid dienone is 6. The molecule has 0 bridgehead atoms. The molecule has 1 heterocycles. The van der Waals surface area contributed by atoms with Crippen LogP contribution in [0.15, 0.2) is 136 Å². The molecule has 3 nitrogen and oxygen atoms in total. The third-order valence-corrected chi connectivity index (χ3v) is 8.15. The fourth-order valence-corrected chi connectivity index (χ4v) is 6.36. The molecule has 0 saturated heterocycles. The van der Waals surface area contributed by atoms with Crippen molar-refractivity contribution >= 4 is 71.3 Å². The molecule has 0 spiro atoms. The molecule has 1 aromatic heterocycles. The molecule has 0 radical (unpaired) electrons. The van der Waals surface area contributed by atoms with E-state index in [1.165, 1.54) is 48.7 Å². The average molecular weight is 515 g/mol. The van der Waals surface area contributed by atoms with Gasteiger partial charge in [0, 0.05) is 33.9 Å². The fraction of sp³-hybridized carbons (Fsp3) is 0.0541. The molecule has 3 heteroatoms. The van der Waals surface area contributed by atoms with Gasteiger partial charge in [-0.1, -0.05) is 103 Å². The number of hydrogen-bond acceptors (Lipinski definition) is 3. The number of para-hydroxylation sites is 2. The molecular formula is C37H26N2O. The summed E-state index contributed by atoms with van der Waals surface area (Å²) in [4.78, 5) is 5.19. The van der Waals surface area contributed by atoms with Crippen LogP contribution in [0, 0.1) is 0 Å². The maximum atomic E-state index is 6.78. The SMILES string of the molecule is Nc1ccccc1N=C(Cc1c2ccccc2c2c3ccccc3c3cccc4oc1c2c43)C1=CC=CC=CC1. The van der Waals surface area contributed by atoms with E-state index in [0.717, 1.165) is 34.5 Å². The Balaban J connectivity index is 1.48. The van der Waals surface area contributed by atoms with E-state index < -0.39 is 0 Å². The molecule has 6 aromatic carbocycles. The molecule has 1 aliphatic rings. The summed E-state index contributed by atoms with van der Waals surface area (Å²) in [5, 5.41) is 9.82. The molecule has 0 unspecified atom stereocenters. The Morgan fingerprint density at radius 3 is 2.23 bits per heavy atom. The van der Waals surface area contributed by atoms with Crippen molar-refractivity contribution in [3.8, 4) is 0 Å². The first-order valence-electron chi connectivity index (χ1n) is 13.7. The highest BCUT2D eigenvalue weighted by molar-refractivity contribution is 6.39. The van der Waals surface area contributed by atoms with Gasteiger partial charge in [-0.3, -0.25) is 4.99 Å². The molecule has 0 atom stereocenters. The normalized spacial score (nSPS) is 14.2. The maximum absolute atomic E-state index is 6.78. The number of furan rings is 1. The smallest absolute Gasteiger partial charge is 0.140 e. The largest absolute Gasteiger partial charge is 0.456 e. The second kappa shape index (κ2) is 8.96. The van der Waals surface area contributed by atoms with E-state index >= 15 is 0 Å². The summed E-state index contributed by atoms with van der Waals surface area (Å²) in [6, 6.07) is 31.7. The van der Waals surface area contributed by atoms with Gasteiger partial charge < -0.3 is 10.2 Å². The van der Waals surface area contributed by atoms with E-state index in [9.17, 15) is 0 Å². The van der Waals surface area contributed by atoms with Crippen LogP contribution in [0.2, 0.25) is 0 Å². The molecule has 0 amide bonds. The molecule has 7 aromatic rings. The van der Waals surface area contributed by atoms with Crippen LogP contribution in [0.3, 0.4) is 0 Å². The van der Waals surface area contributed by atoms with Crippen molar-refractivity contribution in [2.75, 3.05) is 5.73 Å². The highest BCUT2D eigenvalue weighted by Gasteiger charge is 2.24. The van der Waals surface area contributed by atoms with Gasteiger partial charge in [0.05, 0.1) is 11.4 Å². The van der Waals surface area contributed by atoms with Crippen molar-refractivity contribution in [1.82, 2.24) is 0 Å². The predicted molar refractivity (Wildman–Crippen MR) is 170 cm³/mol. The lowest BCUT2D eigenvalue weighted by Crippen LogP contribution is -2.08. The molecule has 40 heavy (non-hydrogen) atoms. The number of anilines is 1. The highest BCUT2D eigenvalue weighted by atomic mass is 16.3. The summed E-state index contributed by atoms with van der Waals surface area (Å²) in [5.74, 6) is 0. The van der Waals surface area contributed by atoms with E-state index in [1.807, 2.05) is 24.3 Å². The zero-order chi connectivity index (χ0) is 26.6. The summed E-state index contributed by atoms with van der Waals surface area (Å²) < 4.78 is 6.78. The molecule has 190 valence electrons. The Kier molecular flexibility index (Phi) is 5.11. The van der Waals surface area contributed by atoms with Crippen molar-refractivity contribution in [2.45, 2.75) is 12.8 Å². The van der Waals surface area contributed by atoms with E-state index in [-0.39, 0.29) is 0 Å². The second-order valence-corrected chi connectivity index (χ2v) is 10.4.